The maximum Gasteiger partial charge on any atom is 0.415 e. The molecule has 2 fully saturated rings. The van der Waals surface area contributed by atoms with Crippen molar-refractivity contribution in [3.05, 3.63) is 65.3 Å². The second-order valence-corrected chi connectivity index (χ2v) is 9.97. The zero-order chi connectivity index (χ0) is 26.6. The molecule has 1 saturated carbocycles. The van der Waals surface area contributed by atoms with Gasteiger partial charge in [-0.1, -0.05) is 11.2 Å². The fourth-order valence-electron chi connectivity index (χ4n) is 5.86. The van der Waals surface area contributed by atoms with Gasteiger partial charge < -0.3 is 18.6 Å². The Labute approximate surface area is 218 Å². The SMILES string of the molecule is CO[C@H]1CC[C@H](n2c(C3COC(=O)N3c3ccc(F)c(F)c3)nc3cc(-c4c(C)noc4C)ccc32)CC1. The Hall–Kier alpha value is -3.79. The molecule has 0 bridgehead atoms. The van der Waals surface area contributed by atoms with Crippen LogP contribution in [0, 0.1) is 25.5 Å². The van der Waals surface area contributed by atoms with Gasteiger partial charge in [-0.2, -0.15) is 0 Å². The molecule has 0 N–H and O–H groups in total. The molecular weight excluding hydrogens is 494 g/mol. The van der Waals surface area contributed by atoms with Crippen LogP contribution in [0.1, 0.15) is 55.0 Å². The number of aromatic nitrogens is 3. The number of anilines is 1. The van der Waals surface area contributed by atoms with E-state index in [-0.39, 0.29) is 24.4 Å². The molecule has 8 nitrogen and oxygen atoms in total. The summed E-state index contributed by atoms with van der Waals surface area (Å²) in [6.45, 7) is 3.82. The molecule has 2 aromatic heterocycles. The molecule has 10 heteroatoms. The average Bonchev–Trinajstić information content (AvgIpc) is 3.59. The van der Waals surface area contributed by atoms with Crippen LogP contribution in [0.4, 0.5) is 19.3 Å². The summed E-state index contributed by atoms with van der Waals surface area (Å²) in [5, 5.41) is 4.08. The van der Waals surface area contributed by atoms with E-state index < -0.39 is 23.8 Å². The van der Waals surface area contributed by atoms with E-state index in [1.54, 1.807) is 7.11 Å². The van der Waals surface area contributed by atoms with Gasteiger partial charge in [0.05, 0.1) is 28.5 Å². The number of imidazole rings is 1. The van der Waals surface area contributed by atoms with E-state index in [4.69, 9.17) is 19.0 Å². The van der Waals surface area contributed by atoms with Gasteiger partial charge in [-0.05, 0) is 69.4 Å². The fraction of sp³-hybridized carbons (Fsp3) is 0.393. The largest absolute Gasteiger partial charge is 0.446 e. The lowest BCUT2D eigenvalue weighted by atomic mass is 9.92. The minimum absolute atomic E-state index is 0.0469. The summed E-state index contributed by atoms with van der Waals surface area (Å²) < 4.78 is 46.4. The monoisotopic (exact) mass is 522 g/mol. The lowest BCUT2D eigenvalue weighted by Gasteiger charge is -2.31. The number of carbonyl (C=O) groups excluding carboxylic acids is 1. The molecule has 2 aliphatic rings. The number of methoxy groups -OCH3 is 1. The number of benzene rings is 2. The van der Waals surface area contributed by atoms with Crippen molar-refractivity contribution in [2.45, 2.75) is 57.7 Å². The minimum atomic E-state index is -1.03. The predicted molar refractivity (Wildman–Crippen MR) is 136 cm³/mol. The second kappa shape index (κ2) is 9.50. The maximum absolute atomic E-state index is 14.1. The lowest BCUT2D eigenvalue weighted by molar-refractivity contribution is 0.0584. The molecule has 4 aromatic rings. The van der Waals surface area contributed by atoms with E-state index >= 15 is 0 Å². The number of hydrogen-bond donors (Lipinski definition) is 0. The number of hydrogen-bond acceptors (Lipinski definition) is 6. The van der Waals surface area contributed by atoms with Crippen molar-refractivity contribution in [3.63, 3.8) is 0 Å². The zero-order valence-electron chi connectivity index (χ0n) is 21.4. The molecular formula is C28H28F2N4O4. The summed E-state index contributed by atoms with van der Waals surface area (Å²) in [5.74, 6) is -0.644. The second-order valence-electron chi connectivity index (χ2n) is 9.97. The molecule has 198 valence electrons. The Morgan fingerprint density at radius 3 is 2.50 bits per heavy atom. The van der Waals surface area contributed by atoms with Gasteiger partial charge in [0.25, 0.3) is 0 Å². The molecule has 1 aliphatic carbocycles. The van der Waals surface area contributed by atoms with Crippen molar-refractivity contribution in [2.24, 2.45) is 0 Å². The highest BCUT2D eigenvalue weighted by atomic mass is 19.2. The highest BCUT2D eigenvalue weighted by Crippen LogP contribution is 2.40. The van der Waals surface area contributed by atoms with Gasteiger partial charge in [0.2, 0.25) is 0 Å². The van der Waals surface area contributed by atoms with Crippen molar-refractivity contribution < 1.29 is 27.6 Å². The molecule has 2 aromatic carbocycles. The summed E-state index contributed by atoms with van der Waals surface area (Å²) in [6, 6.07) is 9.00. The van der Waals surface area contributed by atoms with Crippen molar-refractivity contribution in [1.29, 1.82) is 0 Å². The van der Waals surface area contributed by atoms with Crippen molar-refractivity contribution >= 4 is 22.8 Å². The number of aryl methyl sites for hydroxylation is 2. The Morgan fingerprint density at radius 2 is 1.82 bits per heavy atom. The van der Waals surface area contributed by atoms with Crippen LogP contribution < -0.4 is 4.90 Å². The quantitative estimate of drug-likeness (QED) is 0.301. The first-order chi connectivity index (χ1) is 18.4. The van der Waals surface area contributed by atoms with Crippen LogP contribution in [-0.2, 0) is 9.47 Å². The van der Waals surface area contributed by atoms with Crippen LogP contribution in [0.25, 0.3) is 22.2 Å². The summed E-state index contributed by atoms with van der Waals surface area (Å²) >= 11 is 0. The van der Waals surface area contributed by atoms with Crippen LogP contribution in [0.3, 0.4) is 0 Å². The van der Waals surface area contributed by atoms with E-state index in [0.717, 1.165) is 71.4 Å². The number of amides is 1. The van der Waals surface area contributed by atoms with E-state index in [9.17, 15) is 13.6 Å². The number of ether oxygens (including phenoxy) is 2. The number of nitrogens with zero attached hydrogens (tertiary/aromatic N) is 4. The third-order valence-corrected chi connectivity index (χ3v) is 7.73. The summed E-state index contributed by atoms with van der Waals surface area (Å²) in [4.78, 5) is 19.2. The average molecular weight is 523 g/mol. The van der Waals surface area contributed by atoms with E-state index in [1.807, 2.05) is 32.0 Å². The minimum Gasteiger partial charge on any atom is -0.446 e. The van der Waals surface area contributed by atoms with Crippen molar-refractivity contribution in [2.75, 3.05) is 18.6 Å². The van der Waals surface area contributed by atoms with Gasteiger partial charge in [0.15, 0.2) is 11.6 Å². The first kappa shape index (κ1) is 24.5. The first-order valence-corrected chi connectivity index (χ1v) is 12.7. The Morgan fingerprint density at radius 1 is 1.03 bits per heavy atom. The molecule has 1 aliphatic heterocycles. The van der Waals surface area contributed by atoms with Crippen LogP contribution in [-0.4, -0.2) is 40.6 Å². The summed E-state index contributed by atoms with van der Waals surface area (Å²) in [5.41, 5.74) is 4.56. The fourth-order valence-corrected chi connectivity index (χ4v) is 5.86. The van der Waals surface area contributed by atoms with Crippen molar-refractivity contribution in [3.8, 4) is 11.1 Å². The molecule has 0 spiro atoms. The lowest BCUT2D eigenvalue weighted by Crippen LogP contribution is -2.31. The standard InChI is InChI=1S/C28H28F2N4O4/c1-15-26(16(2)38-32-15)17-4-11-24-23(12-17)31-27(33(24)18-5-8-20(36-3)9-6-18)25-14-37-28(35)34(25)19-7-10-21(29)22(30)13-19/h4,7,10-13,18,20,25H,5-6,8-9,14H2,1-3H3/t18-,20-,25?. The van der Waals surface area contributed by atoms with Gasteiger partial charge in [-0.15, -0.1) is 0 Å². The normalized spacial score (nSPS) is 21.9. The number of fused-ring (bicyclic) bond motifs is 1. The number of cyclic esters (lactones) is 1. The molecule has 1 atom stereocenters. The molecule has 6 rings (SSSR count). The van der Waals surface area contributed by atoms with Gasteiger partial charge >= 0.3 is 6.09 Å². The van der Waals surface area contributed by atoms with Crippen molar-refractivity contribution in [1.82, 2.24) is 14.7 Å². The Kier molecular flexibility index (Phi) is 6.14. The van der Waals surface area contributed by atoms with Gasteiger partial charge in [0, 0.05) is 24.8 Å². The smallest absolute Gasteiger partial charge is 0.415 e. The molecule has 1 unspecified atom stereocenters. The van der Waals surface area contributed by atoms with Gasteiger partial charge in [0.1, 0.15) is 24.2 Å². The van der Waals surface area contributed by atoms with E-state index in [1.165, 1.54) is 11.0 Å². The molecule has 1 amide bonds. The topological polar surface area (TPSA) is 82.6 Å². The Balaban J connectivity index is 1.49. The molecule has 38 heavy (non-hydrogen) atoms. The number of carbonyl (C=O) groups is 1. The summed E-state index contributed by atoms with van der Waals surface area (Å²) in [7, 11) is 1.74. The summed E-state index contributed by atoms with van der Waals surface area (Å²) in [6.07, 6.45) is 3.17. The van der Waals surface area contributed by atoms with Crippen LogP contribution in [0.15, 0.2) is 40.9 Å². The van der Waals surface area contributed by atoms with Crippen LogP contribution in [0.5, 0.6) is 0 Å². The molecule has 3 heterocycles. The van der Waals surface area contributed by atoms with Gasteiger partial charge in [-0.25, -0.2) is 18.6 Å². The van der Waals surface area contributed by atoms with Crippen LogP contribution in [0.2, 0.25) is 0 Å². The van der Waals surface area contributed by atoms with Gasteiger partial charge in [-0.3, -0.25) is 4.90 Å². The van der Waals surface area contributed by atoms with E-state index in [2.05, 4.69) is 9.72 Å². The number of halogens is 2. The zero-order valence-corrected chi connectivity index (χ0v) is 21.4. The third-order valence-electron chi connectivity index (χ3n) is 7.73. The van der Waals surface area contributed by atoms with Crippen LogP contribution >= 0.6 is 0 Å². The maximum atomic E-state index is 14.1. The molecule has 0 radical (unpaired) electrons. The molecule has 1 saturated heterocycles. The Bertz CT molecular complexity index is 1500. The first-order valence-electron chi connectivity index (χ1n) is 12.7. The highest BCUT2D eigenvalue weighted by molar-refractivity contribution is 5.91. The number of rotatable bonds is 5. The van der Waals surface area contributed by atoms with E-state index in [0.29, 0.717) is 5.82 Å². The highest BCUT2D eigenvalue weighted by Gasteiger charge is 2.40. The third kappa shape index (κ3) is 4.03. The predicted octanol–water partition coefficient (Wildman–Crippen LogP) is 6.41.